The van der Waals surface area contributed by atoms with E-state index in [1.54, 1.807) is 6.08 Å². The predicted molar refractivity (Wildman–Crippen MR) is 132 cm³/mol. The van der Waals surface area contributed by atoms with E-state index in [1.807, 2.05) is 63.3 Å². The monoisotopic (exact) mass is 456 g/mol. The summed E-state index contributed by atoms with van der Waals surface area (Å²) in [6.45, 7) is 10.2. The Morgan fingerprint density at radius 3 is 2.76 bits per heavy atom. The van der Waals surface area contributed by atoms with Crippen molar-refractivity contribution in [1.82, 2.24) is 0 Å². The Morgan fingerprint density at radius 2 is 2.06 bits per heavy atom. The van der Waals surface area contributed by atoms with Crippen LogP contribution in [0.1, 0.15) is 53.9 Å². The van der Waals surface area contributed by atoms with Crippen LogP contribution in [-0.2, 0) is 14.3 Å². The highest BCUT2D eigenvalue weighted by Gasteiger charge is 2.35. The topological polar surface area (TPSA) is 76.0 Å². The van der Waals surface area contributed by atoms with E-state index < -0.39 is 18.3 Å². The van der Waals surface area contributed by atoms with Crippen LogP contribution in [0.3, 0.4) is 0 Å². The van der Waals surface area contributed by atoms with Crippen LogP contribution in [0.4, 0.5) is 0 Å². The summed E-state index contributed by atoms with van der Waals surface area (Å²) in [5.74, 6) is 0.0688. The van der Waals surface area contributed by atoms with Crippen molar-refractivity contribution in [3.63, 3.8) is 0 Å². The summed E-state index contributed by atoms with van der Waals surface area (Å²) >= 11 is 0. The van der Waals surface area contributed by atoms with Gasteiger partial charge in [-0.3, -0.25) is 0 Å². The lowest BCUT2D eigenvalue weighted by atomic mass is 9.88. The fraction of sp³-hybridized carbons (Fsp3) is 0.536. The minimum absolute atomic E-state index is 0.0122. The standard InChI is InChI=1S/C28H40O5/c1-6-9-26-22(5)25(30)18-27(33-26)24(29)12-7-10-19(2)16-21(4)17-20(3)14-15-23-11-8-13-28(31)32-23/h6-10,12-15,17,21-27,29-30H,11,16,18H2,1-5H3/t21-,22-,23-,24+,25+,26-,27-/m1/s1. The Bertz CT molecular complexity index is 816. The van der Waals surface area contributed by atoms with E-state index in [1.165, 1.54) is 11.6 Å². The van der Waals surface area contributed by atoms with Gasteiger partial charge in [0.2, 0.25) is 0 Å². The first-order chi connectivity index (χ1) is 15.7. The summed E-state index contributed by atoms with van der Waals surface area (Å²) in [6.07, 6.45) is 18.9. The van der Waals surface area contributed by atoms with Gasteiger partial charge in [0.25, 0.3) is 0 Å². The molecule has 0 aromatic carbocycles. The van der Waals surface area contributed by atoms with Crippen LogP contribution >= 0.6 is 0 Å². The molecule has 0 aliphatic carbocycles. The van der Waals surface area contributed by atoms with Gasteiger partial charge in [-0.25, -0.2) is 4.79 Å². The predicted octanol–water partition coefficient (Wildman–Crippen LogP) is 4.98. The molecule has 0 spiro atoms. The van der Waals surface area contributed by atoms with Crippen molar-refractivity contribution < 1.29 is 24.5 Å². The fourth-order valence-electron chi connectivity index (χ4n) is 4.19. The number of ether oxygens (including phenoxy) is 2. The Hall–Kier alpha value is -2.21. The molecular weight excluding hydrogens is 416 g/mol. The van der Waals surface area contributed by atoms with Crippen molar-refractivity contribution in [1.29, 1.82) is 0 Å². The quantitative estimate of drug-likeness (QED) is 0.291. The second-order valence-corrected chi connectivity index (χ2v) is 9.28. The van der Waals surface area contributed by atoms with Gasteiger partial charge in [0.15, 0.2) is 0 Å². The average Bonchev–Trinajstić information content (AvgIpc) is 2.75. The number of esters is 1. The summed E-state index contributed by atoms with van der Waals surface area (Å²) in [7, 11) is 0. The first-order valence-electron chi connectivity index (χ1n) is 11.9. The molecule has 2 aliphatic rings. The molecule has 0 aromatic rings. The maximum atomic E-state index is 11.3. The van der Waals surface area contributed by atoms with Gasteiger partial charge >= 0.3 is 5.97 Å². The van der Waals surface area contributed by atoms with Crippen molar-refractivity contribution in [3.05, 3.63) is 71.9 Å². The Labute approximate surface area is 198 Å². The number of carbonyl (C=O) groups is 1. The first kappa shape index (κ1) is 27.0. The van der Waals surface area contributed by atoms with Crippen molar-refractivity contribution in [2.45, 2.75) is 84.4 Å². The molecule has 0 amide bonds. The maximum Gasteiger partial charge on any atom is 0.331 e. The third-order valence-electron chi connectivity index (χ3n) is 6.04. The van der Waals surface area contributed by atoms with Crippen molar-refractivity contribution in [3.8, 4) is 0 Å². The van der Waals surface area contributed by atoms with Crippen LogP contribution in [0.2, 0.25) is 0 Å². The number of aliphatic hydroxyl groups is 2. The fourth-order valence-corrected chi connectivity index (χ4v) is 4.19. The van der Waals surface area contributed by atoms with E-state index in [4.69, 9.17) is 9.47 Å². The van der Waals surface area contributed by atoms with E-state index in [0.717, 1.165) is 12.0 Å². The first-order valence-corrected chi connectivity index (χ1v) is 11.9. The van der Waals surface area contributed by atoms with Crippen LogP contribution in [0.15, 0.2) is 71.9 Å². The number of hydrogen-bond donors (Lipinski definition) is 2. The molecule has 5 heteroatoms. The van der Waals surface area contributed by atoms with Crippen molar-refractivity contribution in [2.75, 3.05) is 0 Å². The zero-order valence-electron chi connectivity index (χ0n) is 20.6. The number of hydrogen-bond acceptors (Lipinski definition) is 5. The van der Waals surface area contributed by atoms with E-state index in [0.29, 0.717) is 18.8 Å². The Balaban J connectivity index is 1.85. The third-order valence-corrected chi connectivity index (χ3v) is 6.04. The molecule has 7 atom stereocenters. The van der Waals surface area contributed by atoms with E-state index in [2.05, 4.69) is 19.9 Å². The zero-order valence-corrected chi connectivity index (χ0v) is 20.6. The number of cyclic esters (lactones) is 1. The zero-order chi connectivity index (χ0) is 24.4. The lowest BCUT2D eigenvalue weighted by Crippen LogP contribution is -2.46. The molecule has 2 heterocycles. The molecule has 0 unspecified atom stereocenters. The van der Waals surface area contributed by atoms with Crippen LogP contribution < -0.4 is 0 Å². The van der Waals surface area contributed by atoms with Gasteiger partial charge in [-0.05, 0) is 39.2 Å². The molecule has 0 aromatic heterocycles. The highest BCUT2D eigenvalue weighted by molar-refractivity contribution is 5.82. The van der Waals surface area contributed by atoms with E-state index in [9.17, 15) is 15.0 Å². The van der Waals surface area contributed by atoms with Crippen LogP contribution in [-0.4, -0.2) is 46.7 Å². The van der Waals surface area contributed by atoms with Gasteiger partial charge in [0.1, 0.15) is 6.10 Å². The summed E-state index contributed by atoms with van der Waals surface area (Å²) in [4.78, 5) is 11.3. The molecular formula is C28H40O5. The largest absolute Gasteiger partial charge is 0.455 e. The van der Waals surface area contributed by atoms with Crippen molar-refractivity contribution >= 4 is 5.97 Å². The molecule has 1 saturated heterocycles. The lowest BCUT2D eigenvalue weighted by molar-refractivity contribution is -0.141. The van der Waals surface area contributed by atoms with Gasteiger partial charge in [0, 0.05) is 24.8 Å². The normalized spacial score (nSPS) is 31.5. The van der Waals surface area contributed by atoms with Gasteiger partial charge in [-0.2, -0.15) is 0 Å². The molecule has 0 radical (unpaired) electrons. The summed E-state index contributed by atoms with van der Waals surface area (Å²) in [5.41, 5.74) is 2.33. The third kappa shape index (κ3) is 9.28. The summed E-state index contributed by atoms with van der Waals surface area (Å²) in [6, 6.07) is 0. The summed E-state index contributed by atoms with van der Waals surface area (Å²) in [5, 5.41) is 20.8. The number of allylic oxidation sites excluding steroid dienone is 7. The Kier molecular flexibility index (Phi) is 11.0. The molecule has 2 aliphatic heterocycles. The second-order valence-electron chi connectivity index (χ2n) is 9.28. The molecule has 1 fully saturated rings. The van der Waals surface area contributed by atoms with Gasteiger partial charge in [0.05, 0.1) is 24.4 Å². The number of rotatable bonds is 9. The SMILES string of the molecule is CC=C[C@H]1O[C@@H]([C@@H](O)C=CC=C(C)C[C@@H](C)C=C(C)C=C[C@H]2CC=CC(=O)O2)C[C@H](O)[C@H]1C. The molecule has 182 valence electrons. The second kappa shape index (κ2) is 13.5. The van der Waals surface area contributed by atoms with E-state index in [-0.39, 0.29) is 24.1 Å². The minimum atomic E-state index is -0.766. The van der Waals surface area contributed by atoms with Crippen LogP contribution in [0.5, 0.6) is 0 Å². The highest BCUT2D eigenvalue weighted by Crippen LogP contribution is 2.28. The Morgan fingerprint density at radius 1 is 1.30 bits per heavy atom. The molecule has 5 nitrogen and oxygen atoms in total. The molecule has 2 N–H and O–H groups in total. The molecule has 33 heavy (non-hydrogen) atoms. The van der Waals surface area contributed by atoms with Crippen LogP contribution in [0.25, 0.3) is 0 Å². The molecule has 0 saturated carbocycles. The van der Waals surface area contributed by atoms with Gasteiger partial charge in [-0.15, -0.1) is 0 Å². The highest BCUT2D eigenvalue weighted by atomic mass is 16.5. The van der Waals surface area contributed by atoms with Gasteiger partial charge in [-0.1, -0.05) is 73.6 Å². The minimum Gasteiger partial charge on any atom is -0.455 e. The van der Waals surface area contributed by atoms with Crippen LogP contribution in [0, 0.1) is 11.8 Å². The molecule has 2 rings (SSSR count). The molecule has 0 bridgehead atoms. The van der Waals surface area contributed by atoms with Gasteiger partial charge < -0.3 is 19.7 Å². The van der Waals surface area contributed by atoms with E-state index >= 15 is 0 Å². The maximum absolute atomic E-state index is 11.3. The smallest absolute Gasteiger partial charge is 0.331 e. The summed E-state index contributed by atoms with van der Waals surface area (Å²) < 4.78 is 11.2. The lowest BCUT2D eigenvalue weighted by Gasteiger charge is -2.38. The number of aliphatic hydroxyl groups excluding tert-OH is 2. The average molecular weight is 457 g/mol. The number of carbonyl (C=O) groups excluding carboxylic acids is 1. The van der Waals surface area contributed by atoms with Crippen molar-refractivity contribution in [2.24, 2.45) is 11.8 Å².